The van der Waals surface area contributed by atoms with Crippen LogP contribution in [0, 0.1) is 0 Å². The number of carbonyl (C=O) groups is 1. The molecule has 0 bridgehead atoms. The molecule has 1 aromatic rings. The van der Waals surface area contributed by atoms with Gasteiger partial charge < -0.3 is 9.15 Å². The van der Waals surface area contributed by atoms with Crippen LogP contribution in [0.3, 0.4) is 0 Å². The van der Waals surface area contributed by atoms with Crippen LogP contribution >= 0.6 is 15.9 Å². The van der Waals surface area contributed by atoms with E-state index in [4.69, 9.17) is 9.15 Å². The minimum atomic E-state index is -0.338. The lowest BCUT2D eigenvalue weighted by Crippen LogP contribution is -1.95. The van der Waals surface area contributed by atoms with Crippen LogP contribution in [0.5, 0.6) is 0 Å². The second-order valence-electron chi connectivity index (χ2n) is 2.89. The number of hydrogen-bond donors (Lipinski definition) is 0. The molecule has 0 spiro atoms. The fraction of sp³-hybridized carbons (Fsp3) is 0.100. The molecule has 2 heterocycles. The van der Waals surface area contributed by atoms with Gasteiger partial charge in [-0.25, -0.2) is 4.79 Å². The summed E-state index contributed by atoms with van der Waals surface area (Å²) >= 11 is 3.18. The van der Waals surface area contributed by atoms with Crippen LogP contribution < -0.4 is 0 Å². The highest BCUT2D eigenvalue weighted by atomic mass is 79.9. The summed E-state index contributed by atoms with van der Waals surface area (Å²) < 4.78 is 10.7. The molecule has 0 saturated carbocycles. The van der Waals surface area contributed by atoms with Gasteiger partial charge in [0.2, 0.25) is 0 Å². The molecule has 0 saturated heterocycles. The largest absolute Gasteiger partial charge is 0.450 e. The second kappa shape index (κ2) is 3.46. The van der Waals surface area contributed by atoms with Crippen molar-refractivity contribution < 1.29 is 13.9 Å². The third-order valence-electron chi connectivity index (χ3n) is 1.74. The van der Waals surface area contributed by atoms with E-state index < -0.39 is 0 Å². The van der Waals surface area contributed by atoms with E-state index in [1.54, 1.807) is 31.2 Å². The summed E-state index contributed by atoms with van der Waals surface area (Å²) in [7, 11) is 0. The Balaban J connectivity index is 2.31. The average Bonchev–Trinajstić information content (AvgIpc) is 2.61. The molecule has 0 atom stereocenters. The van der Waals surface area contributed by atoms with Gasteiger partial charge in [-0.1, -0.05) is 0 Å². The van der Waals surface area contributed by atoms with Crippen molar-refractivity contribution in [3.05, 3.63) is 40.0 Å². The molecule has 0 aromatic carbocycles. The zero-order chi connectivity index (χ0) is 10.1. The lowest BCUT2D eigenvalue weighted by Gasteiger charge is -1.91. The predicted octanol–water partition coefficient (Wildman–Crippen LogP) is 2.89. The summed E-state index contributed by atoms with van der Waals surface area (Å²) in [6.45, 7) is 1.73. The monoisotopic (exact) mass is 254 g/mol. The highest BCUT2D eigenvalue weighted by molar-refractivity contribution is 9.10. The Kier molecular flexibility index (Phi) is 2.29. The number of halogens is 1. The number of hydrogen-bond acceptors (Lipinski definition) is 3. The Labute approximate surface area is 89.2 Å². The Morgan fingerprint density at radius 1 is 1.43 bits per heavy atom. The van der Waals surface area contributed by atoms with Gasteiger partial charge in [-0.15, -0.1) is 0 Å². The van der Waals surface area contributed by atoms with Gasteiger partial charge in [-0.2, -0.15) is 0 Å². The van der Waals surface area contributed by atoms with E-state index in [0.717, 1.165) is 0 Å². The van der Waals surface area contributed by atoms with E-state index in [0.29, 0.717) is 21.8 Å². The third kappa shape index (κ3) is 1.80. The molecule has 0 aliphatic carbocycles. The Bertz CT molecular complexity index is 440. The fourth-order valence-electron chi connectivity index (χ4n) is 1.17. The average molecular weight is 255 g/mol. The SMILES string of the molecule is CC1=C/C(=C\c2ccc(Br)o2)C(=O)O1. The number of carbonyl (C=O) groups excluding carboxylic acids is 1. The third-order valence-corrected chi connectivity index (χ3v) is 2.17. The number of allylic oxidation sites excluding steroid dienone is 1. The molecule has 4 heteroatoms. The van der Waals surface area contributed by atoms with Crippen LogP contribution in [-0.4, -0.2) is 5.97 Å². The molecule has 0 N–H and O–H groups in total. The molecule has 0 amide bonds. The van der Waals surface area contributed by atoms with E-state index in [1.807, 2.05) is 0 Å². The highest BCUT2D eigenvalue weighted by Crippen LogP contribution is 2.21. The summed E-state index contributed by atoms with van der Waals surface area (Å²) in [5.41, 5.74) is 0.504. The van der Waals surface area contributed by atoms with E-state index in [1.165, 1.54) is 0 Å². The lowest BCUT2D eigenvalue weighted by molar-refractivity contribution is -0.133. The van der Waals surface area contributed by atoms with Crippen molar-refractivity contribution in [1.82, 2.24) is 0 Å². The first-order chi connectivity index (χ1) is 6.65. The first kappa shape index (κ1) is 9.27. The maximum absolute atomic E-state index is 11.2. The van der Waals surface area contributed by atoms with E-state index in [9.17, 15) is 4.79 Å². The highest BCUT2D eigenvalue weighted by Gasteiger charge is 2.17. The topological polar surface area (TPSA) is 39.4 Å². The van der Waals surface area contributed by atoms with E-state index in [2.05, 4.69) is 15.9 Å². The van der Waals surface area contributed by atoms with Crippen molar-refractivity contribution in [3.63, 3.8) is 0 Å². The van der Waals surface area contributed by atoms with Crippen LogP contribution in [0.15, 0.2) is 38.6 Å². The van der Waals surface area contributed by atoms with Gasteiger partial charge in [0, 0.05) is 0 Å². The van der Waals surface area contributed by atoms with Crippen molar-refractivity contribution >= 4 is 28.0 Å². The number of ether oxygens (including phenoxy) is 1. The predicted molar refractivity (Wildman–Crippen MR) is 54.2 cm³/mol. The Morgan fingerprint density at radius 2 is 2.21 bits per heavy atom. The summed E-state index contributed by atoms with van der Waals surface area (Å²) in [6, 6.07) is 3.54. The molecule has 72 valence electrons. The first-order valence-corrected chi connectivity index (χ1v) is 4.82. The first-order valence-electron chi connectivity index (χ1n) is 4.02. The number of cyclic esters (lactones) is 1. The van der Waals surface area contributed by atoms with Crippen LogP contribution in [0.2, 0.25) is 0 Å². The van der Waals surface area contributed by atoms with Gasteiger partial charge in [-0.3, -0.25) is 0 Å². The molecular weight excluding hydrogens is 248 g/mol. The van der Waals surface area contributed by atoms with Crippen molar-refractivity contribution in [2.45, 2.75) is 6.92 Å². The fourth-order valence-corrected chi connectivity index (χ4v) is 1.49. The number of esters is 1. The van der Waals surface area contributed by atoms with Gasteiger partial charge in [-0.05, 0) is 47.1 Å². The zero-order valence-corrected chi connectivity index (χ0v) is 9.00. The van der Waals surface area contributed by atoms with Crippen molar-refractivity contribution in [2.75, 3.05) is 0 Å². The second-order valence-corrected chi connectivity index (χ2v) is 3.67. The molecule has 3 nitrogen and oxygen atoms in total. The van der Waals surface area contributed by atoms with Gasteiger partial charge in [0.15, 0.2) is 4.67 Å². The minimum Gasteiger partial charge on any atom is -0.450 e. The Hall–Kier alpha value is -1.29. The van der Waals surface area contributed by atoms with Crippen LogP contribution in [0.4, 0.5) is 0 Å². The molecule has 1 aliphatic heterocycles. The molecular formula is C10H7BrO3. The maximum atomic E-state index is 11.2. The number of furan rings is 1. The molecule has 0 fully saturated rings. The van der Waals surface area contributed by atoms with Crippen molar-refractivity contribution in [2.24, 2.45) is 0 Å². The molecule has 1 aliphatic rings. The lowest BCUT2D eigenvalue weighted by atomic mass is 10.2. The summed E-state index contributed by atoms with van der Waals surface area (Å²) in [5, 5.41) is 0. The molecule has 1 aromatic heterocycles. The molecule has 2 rings (SSSR count). The Morgan fingerprint density at radius 3 is 2.71 bits per heavy atom. The molecule has 0 radical (unpaired) electrons. The summed E-state index contributed by atoms with van der Waals surface area (Å²) in [4.78, 5) is 11.2. The molecule has 0 unspecified atom stereocenters. The molecule has 14 heavy (non-hydrogen) atoms. The summed E-state index contributed by atoms with van der Waals surface area (Å²) in [5.74, 6) is 0.886. The smallest absolute Gasteiger partial charge is 0.343 e. The van der Waals surface area contributed by atoms with Gasteiger partial charge in [0.05, 0.1) is 5.57 Å². The number of rotatable bonds is 1. The van der Waals surface area contributed by atoms with E-state index >= 15 is 0 Å². The van der Waals surface area contributed by atoms with E-state index in [-0.39, 0.29) is 5.97 Å². The minimum absolute atomic E-state index is 0.338. The summed E-state index contributed by atoms with van der Waals surface area (Å²) in [6.07, 6.45) is 3.32. The van der Waals surface area contributed by atoms with Crippen molar-refractivity contribution in [3.8, 4) is 0 Å². The van der Waals surface area contributed by atoms with Crippen molar-refractivity contribution in [1.29, 1.82) is 0 Å². The van der Waals surface area contributed by atoms with Crippen LogP contribution in [-0.2, 0) is 9.53 Å². The zero-order valence-electron chi connectivity index (χ0n) is 7.41. The van der Waals surface area contributed by atoms with Crippen LogP contribution in [0.25, 0.3) is 6.08 Å². The standard InChI is InChI=1S/C10H7BrO3/c1-6-4-7(10(12)13-6)5-8-2-3-9(11)14-8/h2-5H,1H3/b7-5+. The normalized spacial score (nSPS) is 18.6. The quantitative estimate of drug-likeness (QED) is 0.572. The van der Waals surface area contributed by atoms with Gasteiger partial charge in [0.1, 0.15) is 11.5 Å². The van der Waals surface area contributed by atoms with Gasteiger partial charge in [0.25, 0.3) is 0 Å². The van der Waals surface area contributed by atoms with Gasteiger partial charge >= 0.3 is 5.97 Å². The maximum Gasteiger partial charge on any atom is 0.343 e. The van der Waals surface area contributed by atoms with Crippen LogP contribution in [0.1, 0.15) is 12.7 Å².